The average molecular weight is 306 g/mol. The minimum absolute atomic E-state index is 0.0836. The average Bonchev–Trinajstić information content (AvgIpc) is 2.90. The van der Waals surface area contributed by atoms with Crippen molar-refractivity contribution >= 4 is 5.91 Å². The van der Waals surface area contributed by atoms with Crippen LogP contribution in [0.1, 0.15) is 33.0 Å². The molecule has 0 radical (unpaired) electrons. The van der Waals surface area contributed by atoms with E-state index in [1.54, 1.807) is 0 Å². The number of likely N-dealkylation sites (tertiary alicyclic amines) is 1. The van der Waals surface area contributed by atoms with Crippen LogP contribution in [-0.4, -0.2) is 30.4 Å². The van der Waals surface area contributed by atoms with Gasteiger partial charge in [-0.1, -0.05) is 48.0 Å². The van der Waals surface area contributed by atoms with Gasteiger partial charge in [0.15, 0.2) is 0 Å². The molecule has 1 N–H and O–H groups in total. The summed E-state index contributed by atoms with van der Waals surface area (Å²) in [6, 6.07) is 16.8. The van der Waals surface area contributed by atoms with E-state index < -0.39 is 0 Å². The van der Waals surface area contributed by atoms with E-state index in [0.29, 0.717) is 11.8 Å². The first-order chi connectivity index (χ1) is 11.2. The Labute approximate surface area is 137 Å². The molecule has 2 atom stereocenters. The van der Waals surface area contributed by atoms with Gasteiger partial charge in [0.1, 0.15) is 0 Å². The summed E-state index contributed by atoms with van der Waals surface area (Å²) in [5.41, 5.74) is 4.77. The molecule has 1 amide bonds. The van der Waals surface area contributed by atoms with Crippen molar-refractivity contribution in [2.75, 3.05) is 19.6 Å². The van der Waals surface area contributed by atoms with Gasteiger partial charge in [0.05, 0.1) is 0 Å². The van der Waals surface area contributed by atoms with E-state index in [1.165, 1.54) is 16.7 Å². The van der Waals surface area contributed by atoms with Gasteiger partial charge in [0.25, 0.3) is 5.91 Å². The van der Waals surface area contributed by atoms with Crippen molar-refractivity contribution in [3.63, 3.8) is 0 Å². The van der Waals surface area contributed by atoms with Crippen molar-refractivity contribution in [3.8, 4) is 0 Å². The number of hydrogen-bond acceptors (Lipinski definition) is 2. The van der Waals surface area contributed by atoms with Crippen molar-refractivity contribution in [1.82, 2.24) is 10.2 Å². The van der Waals surface area contributed by atoms with Crippen LogP contribution in [0.4, 0.5) is 0 Å². The number of rotatable bonds is 2. The topological polar surface area (TPSA) is 32.3 Å². The Bertz CT molecular complexity index is 740. The molecule has 2 aliphatic rings. The fourth-order valence-electron chi connectivity index (χ4n) is 4.06. The van der Waals surface area contributed by atoms with Gasteiger partial charge in [-0.2, -0.15) is 0 Å². The van der Waals surface area contributed by atoms with E-state index in [2.05, 4.69) is 53.5 Å². The highest BCUT2D eigenvalue weighted by molar-refractivity contribution is 5.96. The highest BCUT2D eigenvalue weighted by atomic mass is 16.1. The Morgan fingerprint density at radius 3 is 2.87 bits per heavy atom. The highest BCUT2D eigenvalue weighted by Gasteiger charge is 2.37. The second-order valence-electron chi connectivity index (χ2n) is 6.85. The molecule has 0 bridgehead atoms. The zero-order chi connectivity index (χ0) is 15.8. The van der Waals surface area contributed by atoms with Crippen LogP contribution in [0.25, 0.3) is 0 Å². The lowest BCUT2D eigenvalue weighted by Crippen LogP contribution is -2.29. The fraction of sp³-hybridized carbons (Fsp3) is 0.350. The highest BCUT2D eigenvalue weighted by Crippen LogP contribution is 2.36. The zero-order valence-electron chi connectivity index (χ0n) is 13.5. The molecule has 1 fully saturated rings. The number of nitrogens with one attached hydrogen (secondary N) is 1. The van der Waals surface area contributed by atoms with Crippen molar-refractivity contribution in [1.29, 1.82) is 0 Å². The SMILES string of the molecule is Cc1cccc(CN2CC3c4ccccc4C(=O)NC[C@H]3C2)c1. The van der Waals surface area contributed by atoms with Gasteiger partial charge in [0.2, 0.25) is 0 Å². The van der Waals surface area contributed by atoms with E-state index in [0.717, 1.165) is 31.7 Å². The molecule has 2 aromatic carbocycles. The maximum Gasteiger partial charge on any atom is 0.251 e. The van der Waals surface area contributed by atoms with Gasteiger partial charge in [-0.25, -0.2) is 0 Å². The predicted octanol–water partition coefficient (Wildman–Crippen LogP) is 2.95. The molecule has 2 heterocycles. The molecular weight excluding hydrogens is 284 g/mol. The van der Waals surface area contributed by atoms with Crippen molar-refractivity contribution < 1.29 is 4.79 Å². The Hall–Kier alpha value is -2.13. The summed E-state index contributed by atoms with van der Waals surface area (Å²) >= 11 is 0. The van der Waals surface area contributed by atoms with Crippen molar-refractivity contribution in [2.24, 2.45) is 5.92 Å². The lowest BCUT2D eigenvalue weighted by molar-refractivity contribution is 0.0951. The van der Waals surface area contributed by atoms with Crippen LogP contribution < -0.4 is 5.32 Å². The van der Waals surface area contributed by atoms with E-state index in [9.17, 15) is 4.79 Å². The second-order valence-corrected chi connectivity index (χ2v) is 6.85. The van der Waals surface area contributed by atoms with Crippen molar-refractivity contribution in [3.05, 3.63) is 70.8 Å². The third-order valence-corrected chi connectivity index (χ3v) is 5.13. The molecule has 23 heavy (non-hydrogen) atoms. The molecule has 2 aromatic rings. The summed E-state index contributed by atoms with van der Waals surface area (Å²) in [6.45, 7) is 5.99. The number of amides is 1. The van der Waals surface area contributed by atoms with Crippen molar-refractivity contribution in [2.45, 2.75) is 19.4 Å². The lowest BCUT2D eigenvalue weighted by atomic mass is 9.87. The maximum atomic E-state index is 12.2. The predicted molar refractivity (Wildman–Crippen MR) is 91.5 cm³/mol. The monoisotopic (exact) mass is 306 g/mol. The first kappa shape index (κ1) is 14.5. The summed E-state index contributed by atoms with van der Waals surface area (Å²) in [6.07, 6.45) is 0. The molecule has 0 aromatic heterocycles. The maximum absolute atomic E-state index is 12.2. The summed E-state index contributed by atoms with van der Waals surface area (Å²) in [7, 11) is 0. The van der Waals surface area contributed by atoms with Gasteiger partial charge in [-0.3, -0.25) is 9.69 Å². The molecule has 0 aliphatic carbocycles. The van der Waals surface area contributed by atoms with Crippen LogP contribution in [0.2, 0.25) is 0 Å². The molecule has 0 spiro atoms. The second kappa shape index (κ2) is 5.82. The van der Waals surface area contributed by atoms with Crippen LogP contribution in [0.15, 0.2) is 48.5 Å². The molecule has 4 rings (SSSR count). The minimum Gasteiger partial charge on any atom is -0.352 e. The third kappa shape index (κ3) is 2.77. The number of hydrogen-bond donors (Lipinski definition) is 1. The Balaban J connectivity index is 1.57. The summed E-state index contributed by atoms with van der Waals surface area (Å²) < 4.78 is 0. The van der Waals surface area contributed by atoms with Gasteiger partial charge in [-0.15, -0.1) is 0 Å². The number of nitrogens with zero attached hydrogens (tertiary/aromatic N) is 1. The summed E-state index contributed by atoms with van der Waals surface area (Å²) in [5.74, 6) is 1.04. The Morgan fingerprint density at radius 1 is 1.13 bits per heavy atom. The molecular formula is C20H22N2O. The molecule has 3 nitrogen and oxygen atoms in total. The van der Waals surface area contributed by atoms with Gasteiger partial charge < -0.3 is 5.32 Å². The van der Waals surface area contributed by atoms with Crippen LogP contribution in [0.3, 0.4) is 0 Å². The van der Waals surface area contributed by atoms with Crippen LogP contribution in [0.5, 0.6) is 0 Å². The number of benzene rings is 2. The fourth-order valence-corrected chi connectivity index (χ4v) is 4.06. The van der Waals surface area contributed by atoms with Gasteiger partial charge in [-0.05, 0) is 30.0 Å². The molecule has 2 aliphatic heterocycles. The summed E-state index contributed by atoms with van der Waals surface area (Å²) in [4.78, 5) is 14.7. The van der Waals surface area contributed by atoms with Crippen LogP contribution in [-0.2, 0) is 6.54 Å². The van der Waals surface area contributed by atoms with Gasteiger partial charge >= 0.3 is 0 Å². The van der Waals surface area contributed by atoms with Gasteiger partial charge in [0, 0.05) is 37.7 Å². The summed E-state index contributed by atoms with van der Waals surface area (Å²) in [5, 5.41) is 3.10. The number of carbonyl (C=O) groups is 1. The van der Waals surface area contributed by atoms with Crippen LogP contribution in [0, 0.1) is 12.8 Å². The van der Waals surface area contributed by atoms with E-state index in [4.69, 9.17) is 0 Å². The van der Waals surface area contributed by atoms with E-state index >= 15 is 0 Å². The van der Waals surface area contributed by atoms with Crippen LogP contribution >= 0.6 is 0 Å². The number of aryl methyl sites for hydroxylation is 1. The molecule has 3 heteroatoms. The number of carbonyl (C=O) groups excluding carboxylic acids is 1. The molecule has 1 saturated heterocycles. The lowest BCUT2D eigenvalue weighted by Gasteiger charge is -2.17. The molecule has 118 valence electrons. The first-order valence-electron chi connectivity index (χ1n) is 8.36. The smallest absolute Gasteiger partial charge is 0.251 e. The zero-order valence-corrected chi connectivity index (χ0v) is 13.5. The Morgan fingerprint density at radius 2 is 2.00 bits per heavy atom. The minimum atomic E-state index is 0.0836. The normalized spacial score (nSPS) is 23.8. The third-order valence-electron chi connectivity index (χ3n) is 5.13. The first-order valence-corrected chi connectivity index (χ1v) is 8.36. The largest absolute Gasteiger partial charge is 0.352 e. The Kier molecular flexibility index (Phi) is 3.66. The standard InChI is InChI=1S/C20H22N2O/c1-14-5-4-6-15(9-14)11-22-12-16-10-21-20(23)18-8-3-2-7-17(18)19(16)13-22/h2-9,16,19H,10-13H2,1H3,(H,21,23)/t16-,19?/m0/s1. The quantitative estimate of drug-likeness (QED) is 0.925. The molecule has 0 saturated carbocycles. The number of fused-ring (bicyclic) bond motifs is 3. The van der Waals surface area contributed by atoms with E-state index in [-0.39, 0.29) is 5.91 Å². The van der Waals surface area contributed by atoms with E-state index in [1.807, 2.05) is 12.1 Å². The molecule has 1 unspecified atom stereocenters.